The number of likely N-dealkylation sites (tertiary alicyclic amines) is 1. The van der Waals surface area contributed by atoms with E-state index in [1.807, 2.05) is 4.90 Å². The van der Waals surface area contributed by atoms with Crippen molar-refractivity contribution in [2.45, 2.75) is 25.4 Å². The summed E-state index contributed by atoms with van der Waals surface area (Å²) in [5.41, 5.74) is 0.712. The summed E-state index contributed by atoms with van der Waals surface area (Å²) < 4.78 is 11.7. The quantitative estimate of drug-likeness (QED) is 0.753. The van der Waals surface area contributed by atoms with Gasteiger partial charge in [0, 0.05) is 50.2 Å². The fourth-order valence-corrected chi connectivity index (χ4v) is 3.71. The van der Waals surface area contributed by atoms with Crippen molar-refractivity contribution < 1.29 is 14.3 Å². The van der Waals surface area contributed by atoms with E-state index in [-0.39, 0.29) is 12.0 Å². The highest BCUT2D eigenvalue weighted by atomic mass is 16.5. The number of carbonyl (C=O) groups excluding carboxylic acids is 1. The number of amides is 1. The van der Waals surface area contributed by atoms with Crippen LogP contribution >= 0.6 is 0 Å². The summed E-state index contributed by atoms with van der Waals surface area (Å²) in [6.07, 6.45) is 7.26. The minimum Gasteiger partial charge on any atom is -0.381 e. The van der Waals surface area contributed by atoms with Crippen molar-refractivity contribution >= 4 is 5.91 Å². The van der Waals surface area contributed by atoms with E-state index in [9.17, 15) is 4.79 Å². The lowest BCUT2D eigenvalue weighted by atomic mass is 9.91. The Hall–Kier alpha value is -1.46. The number of aromatic nitrogens is 1. The van der Waals surface area contributed by atoms with Gasteiger partial charge in [-0.05, 0) is 43.2 Å². The fourth-order valence-electron chi connectivity index (χ4n) is 3.71. The van der Waals surface area contributed by atoms with Gasteiger partial charge in [0.15, 0.2) is 0 Å². The molecule has 3 aliphatic rings. The standard InChI is InChI=1S/C18H24N2O3/c21-18(14-3-6-19-7-4-14)20-9-16-15(12-23-17(16)10-20)5-8-22-11-13-1-2-13/h3-4,6-7,13,15-17H,1-2,5,8-12H2/t15-,16-,17-/m1/s1. The third-order valence-electron chi connectivity index (χ3n) is 5.34. The molecule has 2 aliphatic heterocycles. The molecule has 1 aliphatic carbocycles. The molecule has 5 nitrogen and oxygen atoms in total. The number of rotatable bonds is 6. The van der Waals surface area contributed by atoms with Gasteiger partial charge in [0.05, 0.1) is 12.7 Å². The first-order valence-corrected chi connectivity index (χ1v) is 8.70. The van der Waals surface area contributed by atoms with Crippen LogP contribution in [0.25, 0.3) is 0 Å². The van der Waals surface area contributed by atoms with Gasteiger partial charge in [-0.15, -0.1) is 0 Å². The molecule has 3 heterocycles. The van der Waals surface area contributed by atoms with Gasteiger partial charge in [-0.2, -0.15) is 0 Å². The van der Waals surface area contributed by atoms with Crippen LogP contribution < -0.4 is 0 Å². The maximum absolute atomic E-state index is 12.5. The Morgan fingerprint density at radius 1 is 1.30 bits per heavy atom. The van der Waals surface area contributed by atoms with E-state index in [0.717, 1.165) is 38.7 Å². The van der Waals surface area contributed by atoms with Crippen LogP contribution in [0.3, 0.4) is 0 Å². The lowest BCUT2D eigenvalue weighted by Gasteiger charge is -2.20. The maximum atomic E-state index is 12.5. The van der Waals surface area contributed by atoms with E-state index < -0.39 is 0 Å². The van der Waals surface area contributed by atoms with Crippen molar-refractivity contribution in [1.29, 1.82) is 0 Å². The minimum absolute atomic E-state index is 0.0918. The van der Waals surface area contributed by atoms with Crippen LogP contribution in [-0.4, -0.2) is 54.8 Å². The monoisotopic (exact) mass is 316 g/mol. The topological polar surface area (TPSA) is 51.7 Å². The highest BCUT2D eigenvalue weighted by Crippen LogP contribution is 2.36. The molecule has 1 amide bonds. The molecule has 1 saturated carbocycles. The normalized spacial score (nSPS) is 29.7. The van der Waals surface area contributed by atoms with Gasteiger partial charge in [-0.25, -0.2) is 0 Å². The molecule has 2 saturated heterocycles. The zero-order valence-corrected chi connectivity index (χ0v) is 13.4. The van der Waals surface area contributed by atoms with Crippen molar-refractivity contribution in [2.75, 3.05) is 32.9 Å². The second kappa shape index (κ2) is 6.57. The SMILES string of the molecule is O=C(c1ccncc1)N1C[C@@H]2[C@H](CCOCC3CC3)CO[C@@H]2C1. The molecule has 3 fully saturated rings. The largest absolute Gasteiger partial charge is 0.381 e. The van der Waals surface area contributed by atoms with E-state index in [1.54, 1.807) is 24.5 Å². The van der Waals surface area contributed by atoms with Crippen molar-refractivity contribution in [2.24, 2.45) is 17.8 Å². The van der Waals surface area contributed by atoms with E-state index in [1.165, 1.54) is 12.8 Å². The molecule has 0 radical (unpaired) electrons. The molecule has 0 bridgehead atoms. The molecular formula is C18H24N2O3. The summed E-state index contributed by atoms with van der Waals surface area (Å²) in [6, 6.07) is 3.56. The van der Waals surface area contributed by atoms with Crippen molar-refractivity contribution in [3.8, 4) is 0 Å². The molecule has 23 heavy (non-hydrogen) atoms. The highest BCUT2D eigenvalue weighted by molar-refractivity contribution is 5.94. The zero-order chi connectivity index (χ0) is 15.6. The number of hydrogen-bond donors (Lipinski definition) is 0. The number of ether oxygens (including phenoxy) is 2. The minimum atomic E-state index is 0.0918. The summed E-state index contributed by atoms with van der Waals surface area (Å²) in [6.45, 7) is 4.09. The van der Waals surface area contributed by atoms with Gasteiger partial charge in [0.2, 0.25) is 0 Å². The molecule has 3 atom stereocenters. The second-order valence-corrected chi connectivity index (χ2v) is 7.05. The summed E-state index contributed by atoms with van der Waals surface area (Å²) in [5.74, 6) is 1.90. The molecular weight excluding hydrogens is 292 g/mol. The van der Waals surface area contributed by atoms with Crippen LogP contribution in [0, 0.1) is 17.8 Å². The second-order valence-electron chi connectivity index (χ2n) is 7.05. The first-order valence-electron chi connectivity index (χ1n) is 8.70. The zero-order valence-electron chi connectivity index (χ0n) is 13.4. The van der Waals surface area contributed by atoms with Crippen LogP contribution in [0.5, 0.6) is 0 Å². The first kappa shape index (κ1) is 15.1. The predicted molar refractivity (Wildman–Crippen MR) is 85.0 cm³/mol. The Bertz CT molecular complexity index is 546. The number of nitrogens with zero attached hydrogens (tertiary/aromatic N) is 2. The third-order valence-corrected chi connectivity index (χ3v) is 5.34. The molecule has 5 heteroatoms. The first-order chi connectivity index (χ1) is 11.3. The summed E-state index contributed by atoms with van der Waals surface area (Å²) in [7, 11) is 0. The maximum Gasteiger partial charge on any atom is 0.254 e. The van der Waals surface area contributed by atoms with Crippen LogP contribution in [0.2, 0.25) is 0 Å². The Morgan fingerprint density at radius 2 is 2.13 bits per heavy atom. The van der Waals surface area contributed by atoms with Crippen molar-refractivity contribution in [1.82, 2.24) is 9.88 Å². The number of hydrogen-bond acceptors (Lipinski definition) is 4. The molecule has 1 aromatic rings. The molecule has 4 rings (SSSR count). The van der Waals surface area contributed by atoms with Crippen molar-refractivity contribution in [3.63, 3.8) is 0 Å². The van der Waals surface area contributed by atoms with Gasteiger partial charge in [0.1, 0.15) is 0 Å². The average Bonchev–Trinajstić information content (AvgIpc) is 3.19. The average molecular weight is 316 g/mol. The van der Waals surface area contributed by atoms with E-state index in [2.05, 4.69) is 4.98 Å². The number of pyridine rings is 1. The van der Waals surface area contributed by atoms with Gasteiger partial charge in [0.25, 0.3) is 5.91 Å². The molecule has 0 spiro atoms. The molecule has 0 N–H and O–H groups in total. The third kappa shape index (κ3) is 3.40. The Kier molecular flexibility index (Phi) is 4.31. The summed E-state index contributed by atoms with van der Waals surface area (Å²) in [4.78, 5) is 18.5. The summed E-state index contributed by atoms with van der Waals surface area (Å²) in [5, 5.41) is 0. The number of fused-ring (bicyclic) bond motifs is 1. The fraction of sp³-hybridized carbons (Fsp3) is 0.667. The Morgan fingerprint density at radius 3 is 2.91 bits per heavy atom. The van der Waals surface area contributed by atoms with Crippen molar-refractivity contribution in [3.05, 3.63) is 30.1 Å². The van der Waals surface area contributed by atoms with Gasteiger partial charge >= 0.3 is 0 Å². The Balaban J connectivity index is 1.29. The van der Waals surface area contributed by atoms with Gasteiger partial charge < -0.3 is 14.4 Å². The molecule has 0 unspecified atom stereocenters. The van der Waals surface area contributed by atoms with Crippen LogP contribution in [0.4, 0.5) is 0 Å². The number of carbonyl (C=O) groups is 1. The van der Waals surface area contributed by atoms with Crippen LogP contribution in [0.15, 0.2) is 24.5 Å². The predicted octanol–water partition coefficient (Wildman–Crippen LogP) is 1.99. The van der Waals surface area contributed by atoms with E-state index >= 15 is 0 Å². The summed E-state index contributed by atoms with van der Waals surface area (Å²) >= 11 is 0. The Labute approximate surface area is 137 Å². The van der Waals surface area contributed by atoms with Gasteiger partial charge in [-0.1, -0.05) is 0 Å². The molecule has 124 valence electrons. The van der Waals surface area contributed by atoms with E-state index in [0.29, 0.717) is 23.9 Å². The van der Waals surface area contributed by atoms with Gasteiger partial charge in [-0.3, -0.25) is 9.78 Å². The van der Waals surface area contributed by atoms with Crippen LogP contribution in [-0.2, 0) is 9.47 Å². The van der Waals surface area contributed by atoms with Crippen LogP contribution in [0.1, 0.15) is 29.6 Å². The smallest absolute Gasteiger partial charge is 0.254 e. The van der Waals surface area contributed by atoms with E-state index in [4.69, 9.17) is 9.47 Å². The lowest BCUT2D eigenvalue weighted by molar-refractivity contribution is 0.0651. The lowest BCUT2D eigenvalue weighted by Crippen LogP contribution is -2.31. The highest BCUT2D eigenvalue weighted by Gasteiger charge is 2.45. The molecule has 0 aromatic carbocycles. The molecule has 1 aromatic heterocycles.